The van der Waals surface area contributed by atoms with Gasteiger partial charge in [0.25, 0.3) is 0 Å². The Balaban J connectivity index is 2.16. The summed E-state index contributed by atoms with van der Waals surface area (Å²) in [5.41, 5.74) is 7.26. The van der Waals surface area contributed by atoms with Crippen LogP contribution in [0, 0.1) is 0 Å². The number of nitrogens with two attached hydrogens (primary N) is 1. The lowest BCUT2D eigenvalue weighted by molar-refractivity contribution is 0.414. The Bertz CT molecular complexity index is 618. The van der Waals surface area contributed by atoms with Gasteiger partial charge < -0.3 is 15.4 Å². The van der Waals surface area contributed by atoms with Gasteiger partial charge in [0.2, 0.25) is 5.95 Å². The maximum atomic E-state index is 5.58. The van der Waals surface area contributed by atoms with Crippen LogP contribution >= 0.6 is 12.2 Å². The Kier molecular flexibility index (Phi) is 4.47. The number of aromatic nitrogens is 2. The molecule has 1 heterocycles. The summed E-state index contributed by atoms with van der Waals surface area (Å²) in [6.45, 7) is 0.665. The smallest absolute Gasteiger partial charge is 0.225 e. The van der Waals surface area contributed by atoms with Gasteiger partial charge in [-0.3, -0.25) is 0 Å². The van der Waals surface area contributed by atoms with Crippen molar-refractivity contribution in [1.82, 2.24) is 9.97 Å². The number of nitrogens with zero attached hydrogens (tertiary/aromatic N) is 3. The fourth-order valence-corrected chi connectivity index (χ4v) is 1.90. The molecular weight excluding hydrogens is 272 g/mol. The molecule has 0 fully saturated rings. The first kappa shape index (κ1) is 14.2. The first-order chi connectivity index (χ1) is 9.60. The van der Waals surface area contributed by atoms with E-state index in [-0.39, 0.29) is 4.99 Å². The lowest BCUT2D eigenvalue weighted by Gasteiger charge is -2.17. The number of rotatable bonds is 5. The maximum Gasteiger partial charge on any atom is 0.225 e. The van der Waals surface area contributed by atoms with E-state index < -0.39 is 0 Å². The molecule has 0 atom stereocenters. The molecule has 0 aliphatic rings. The number of hydrogen-bond acceptors (Lipinski definition) is 5. The van der Waals surface area contributed by atoms with Gasteiger partial charge in [0.05, 0.1) is 7.11 Å². The van der Waals surface area contributed by atoms with Gasteiger partial charge in [0.1, 0.15) is 16.4 Å². The predicted molar refractivity (Wildman–Crippen MR) is 83.0 cm³/mol. The molecule has 2 N–H and O–H groups in total. The number of ether oxygens (including phenoxy) is 1. The molecule has 0 radical (unpaired) electrons. The second kappa shape index (κ2) is 6.29. The van der Waals surface area contributed by atoms with Gasteiger partial charge in [0.15, 0.2) is 0 Å². The van der Waals surface area contributed by atoms with E-state index >= 15 is 0 Å². The first-order valence-corrected chi connectivity index (χ1v) is 6.48. The zero-order valence-electron chi connectivity index (χ0n) is 11.4. The molecule has 6 heteroatoms. The summed E-state index contributed by atoms with van der Waals surface area (Å²) >= 11 is 4.92. The molecule has 2 rings (SSSR count). The van der Waals surface area contributed by atoms with Crippen LogP contribution in [0.25, 0.3) is 0 Å². The summed E-state index contributed by atoms with van der Waals surface area (Å²) < 4.78 is 5.21. The summed E-state index contributed by atoms with van der Waals surface area (Å²) in [7, 11) is 3.57. The van der Waals surface area contributed by atoms with Crippen molar-refractivity contribution in [1.29, 1.82) is 0 Å². The van der Waals surface area contributed by atoms with Crippen LogP contribution in [0.5, 0.6) is 5.75 Å². The normalized spacial score (nSPS) is 10.1. The fourth-order valence-electron chi connectivity index (χ4n) is 1.78. The maximum absolute atomic E-state index is 5.58. The molecule has 0 saturated carbocycles. The van der Waals surface area contributed by atoms with E-state index in [4.69, 9.17) is 22.7 Å². The van der Waals surface area contributed by atoms with E-state index in [1.165, 1.54) is 0 Å². The van der Waals surface area contributed by atoms with Gasteiger partial charge in [0, 0.05) is 19.8 Å². The summed E-state index contributed by atoms with van der Waals surface area (Å²) in [5.74, 6) is 1.41. The summed E-state index contributed by atoms with van der Waals surface area (Å²) in [6.07, 6.45) is 1.65. The van der Waals surface area contributed by atoms with Gasteiger partial charge in [-0.05, 0) is 23.8 Å². The first-order valence-electron chi connectivity index (χ1n) is 6.07. The van der Waals surface area contributed by atoms with Crippen molar-refractivity contribution >= 4 is 23.2 Å². The standard InChI is InChI=1S/C14H16N4OS/c1-18(9-10-4-3-5-11(8-10)19-2)14-16-7-6-12(17-14)13(15)20/h3-8H,9H2,1-2H3,(H2,15,20). The Morgan fingerprint density at radius 1 is 1.40 bits per heavy atom. The van der Waals surface area contributed by atoms with E-state index in [1.807, 2.05) is 36.2 Å². The Hall–Kier alpha value is -2.21. The van der Waals surface area contributed by atoms with Crippen molar-refractivity contribution in [3.8, 4) is 5.75 Å². The quantitative estimate of drug-likeness (QED) is 0.846. The average molecular weight is 288 g/mol. The van der Waals surface area contributed by atoms with Crippen LogP contribution in [-0.2, 0) is 6.54 Å². The molecular formula is C14H16N4OS. The molecule has 0 saturated heterocycles. The van der Waals surface area contributed by atoms with Crippen LogP contribution < -0.4 is 15.4 Å². The minimum absolute atomic E-state index is 0.267. The third-order valence-electron chi connectivity index (χ3n) is 2.79. The van der Waals surface area contributed by atoms with Gasteiger partial charge in [-0.15, -0.1) is 0 Å². The van der Waals surface area contributed by atoms with E-state index in [2.05, 4.69) is 9.97 Å². The topological polar surface area (TPSA) is 64.3 Å². The molecule has 20 heavy (non-hydrogen) atoms. The lowest BCUT2D eigenvalue weighted by atomic mass is 10.2. The van der Waals surface area contributed by atoms with Gasteiger partial charge in [-0.1, -0.05) is 24.4 Å². The number of hydrogen-bond donors (Lipinski definition) is 1. The minimum atomic E-state index is 0.267. The Morgan fingerprint density at radius 2 is 2.20 bits per heavy atom. The zero-order valence-corrected chi connectivity index (χ0v) is 12.2. The van der Waals surface area contributed by atoms with Crippen LogP contribution in [0.3, 0.4) is 0 Å². The Morgan fingerprint density at radius 3 is 2.90 bits per heavy atom. The van der Waals surface area contributed by atoms with Gasteiger partial charge in [-0.25, -0.2) is 9.97 Å². The highest BCUT2D eigenvalue weighted by Crippen LogP contribution is 2.16. The highest BCUT2D eigenvalue weighted by atomic mass is 32.1. The molecule has 0 spiro atoms. The fraction of sp³-hybridized carbons (Fsp3) is 0.214. The number of thiocarbonyl (C=S) groups is 1. The third kappa shape index (κ3) is 3.42. The van der Waals surface area contributed by atoms with Crippen LogP contribution in [0.4, 0.5) is 5.95 Å². The van der Waals surface area contributed by atoms with Crippen molar-refractivity contribution in [3.05, 3.63) is 47.8 Å². The SMILES string of the molecule is COc1cccc(CN(C)c2nccc(C(N)=S)n2)c1. The molecule has 0 aliphatic carbocycles. The highest BCUT2D eigenvalue weighted by Gasteiger charge is 2.08. The van der Waals surface area contributed by atoms with Crippen molar-refractivity contribution in [2.45, 2.75) is 6.54 Å². The average Bonchev–Trinajstić information content (AvgIpc) is 2.47. The minimum Gasteiger partial charge on any atom is -0.497 e. The molecule has 0 bridgehead atoms. The lowest BCUT2D eigenvalue weighted by Crippen LogP contribution is -2.21. The molecule has 104 valence electrons. The molecule has 0 aliphatic heterocycles. The van der Waals surface area contributed by atoms with Crippen molar-refractivity contribution in [2.75, 3.05) is 19.1 Å². The van der Waals surface area contributed by atoms with Crippen molar-refractivity contribution < 1.29 is 4.74 Å². The monoisotopic (exact) mass is 288 g/mol. The van der Waals surface area contributed by atoms with E-state index in [0.717, 1.165) is 11.3 Å². The molecule has 0 amide bonds. The molecule has 1 aromatic carbocycles. The van der Waals surface area contributed by atoms with Crippen molar-refractivity contribution in [2.24, 2.45) is 5.73 Å². The van der Waals surface area contributed by atoms with Crippen LogP contribution in [0.15, 0.2) is 36.5 Å². The van der Waals surface area contributed by atoms with Crippen LogP contribution in [0.1, 0.15) is 11.3 Å². The predicted octanol–water partition coefficient (Wildman–Crippen LogP) is 1.76. The molecule has 0 unspecified atom stereocenters. The molecule has 1 aromatic heterocycles. The summed E-state index contributed by atoms with van der Waals surface area (Å²) in [6, 6.07) is 9.57. The van der Waals surface area contributed by atoms with Crippen molar-refractivity contribution in [3.63, 3.8) is 0 Å². The van der Waals surface area contributed by atoms with Gasteiger partial charge in [-0.2, -0.15) is 0 Å². The Labute approximate surface area is 123 Å². The number of benzene rings is 1. The van der Waals surface area contributed by atoms with Crippen LogP contribution in [-0.4, -0.2) is 29.1 Å². The van der Waals surface area contributed by atoms with E-state index in [9.17, 15) is 0 Å². The zero-order chi connectivity index (χ0) is 14.5. The van der Waals surface area contributed by atoms with E-state index in [0.29, 0.717) is 18.2 Å². The second-order valence-corrected chi connectivity index (χ2v) is 4.75. The largest absolute Gasteiger partial charge is 0.497 e. The summed E-state index contributed by atoms with van der Waals surface area (Å²) in [4.78, 5) is 10.8. The van der Waals surface area contributed by atoms with Gasteiger partial charge >= 0.3 is 0 Å². The summed E-state index contributed by atoms with van der Waals surface area (Å²) in [5, 5.41) is 0. The number of methoxy groups -OCH3 is 1. The third-order valence-corrected chi connectivity index (χ3v) is 3.00. The van der Waals surface area contributed by atoms with Crippen LogP contribution in [0.2, 0.25) is 0 Å². The molecule has 5 nitrogen and oxygen atoms in total. The van der Waals surface area contributed by atoms with E-state index in [1.54, 1.807) is 19.4 Å². The molecule has 2 aromatic rings. The number of anilines is 1. The second-order valence-electron chi connectivity index (χ2n) is 4.31. The highest BCUT2D eigenvalue weighted by molar-refractivity contribution is 7.80.